The molecular weight excluding hydrogens is 592 g/mol. The van der Waals surface area contributed by atoms with Crippen LogP contribution in [0.5, 0.6) is 0 Å². The Morgan fingerprint density at radius 2 is 1.21 bits per heavy atom. The van der Waals surface area contributed by atoms with Gasteiger partial charge in [0.05, 0.1) is 22.9 Å². The number of para-hydroxylation sites is 1. The third-order valence-electron chi connectivity index (χ3n) is 8.28. The number of rotatable bonds is 7. The van der Waals surface area contributed by atoms with E-state index >= 15 is 0 Å². The van der Waals surface area contributed by atoms with E-state index in [1.165, 1.54) is 0 Å². The Morgan fingerprint density at radius 3 is 1.90 bits per heavy atom. The number of benzene rings is 5. The molecule has 7 heteroatoms. The van der Waals surface area contributed by atoms with Gasteiger partial charge in [-0.05, 0) is 49.0 Å². The monoisotopic (exact) mass is 620 g/mol. The fraction of sp³-hybridized carbons (Fsp3) is 0.0244. The van der Waals surface area contributed by atoms with Crippen LogP contribution in [0, 0.1) is 6.92 Å². The van der Waals surface area contributed by atoms with Gasteiger partial charge >= 0.3 is 0 Å². The van der Waals surface area contributed by atoms with Gasteiger partial charge in [-0.2, -0.15) is 0 Å². The van der Waals surface area contributed by atoms with E-state index in [1.807, 2.05) is 128 Å². The summed E-state index contributed by atoms with van der Waals surface area (Å²) in [5, 5.41) is 1.07. The minimum absolute atomic E-state index is 0.588. The molecule has 0 amide bonds. The molecule has 3 aromatic heterocycles. The van der Waals surface area contributed by atoms with E-state index in [2.05, 4.69) is 23.8 Å². The Labute approximate surface area is 277 Å². The van der Waals surface area contributed by atoms with E-state index in [9.17, 15) is 0 Å². The molecule has 0 spiro atoms. The molecular formula is C41H28N6O. The van der Waals surface area contributed by atoms with Gasteiger partial charge < -0.3 is 4.42 Å². The first-order valence-corrected chi connectivity index (χ1v) is 15.5. The molecule has 0 unspecified atom stereocenters. The highest BCUT2D eigenvalue weighted by atomic mass is 16.3. The van der Waals surface area contributed by atoms with Gasteiger partial charge in [0.25, 0.3) is 0 Å². The van der Waals surface area contributed by atoms with E-state index in [1.54, 1.807) is 6.20 Å². The van der Waals surface area contributed by atoms with Crippen LogP contribution in [0.4, 0.5) is 0 Å². The van der Waals surface area contributed by atoms with Crippen molar-refractivity contribution >= 4 is 40.5 Å². The van der Waals surface area contributed by atoms with Crippen LogP contribution in [0.15, 0.2) is 143 Å². The Bertz CT molecular complexity index is 2430. The van der Waals surface area contributed by atoms with Crippen LogP contribution in [0.2, 0.25) is 0 Å². The Balaban J connectivity index is 1.14. The molecule has 0 saturated carbocycles. The van der Waals surface area contributed by atoms with Gasteiger partial charge in [0.1, 0.15) is 17.0 Å². The molecule has 48 heavy (non-hydrogen) atoms. The molecule has 0 saturated heterocycles. The van der Waals surface area contributed by atoms with Crippen molar-refractivity contribution < 1.29 is 4.42 Å². The van der Waals surface area contributed by atoms with Crippen molar-refractivity contribution in [3.63, 3.8) is 0 Å². The number of aromatic nitrogens is 5. The first-order valence-electron chi connectivity index (χ1n) is 15.5. The number of aliphatic imine (C=N–C) groups is 1. The predicted octanol–water partition coefficient (Wildman–Crippen LogP) is 9.74. The topological polar surface area (TPSA) is 90.0 Å². The molecule has 0 atom stereocenters. The van der Waals surface area contributed by atoms with E-state index in [4.69, 9.17) is 29.3 Å². The average Bonchev–Trinajstić information content (AvgIpc) is 3.48. The number of hydrogen-bond acceptors (Lipinski definition) is 7. The summed E-state index contributed by atoms with van der Waals surface area (Å²) in [7, 11) is 0. The summed E-state index contributed by atoms with van der Waals surface area (Å²) in [6.45, 7) is 5.82. The molecule has 0 radical (unpaired) electrons. The molecule has 8 aromatic rings. The number of furan rings is 1. The first-order chi connectivity index (χ1) is 23.6. The zero-order valence-electron chi connectivity index (χ0n) is 26.1. The lowest BCUT2D eigenvalue weighted by molar-refractivity contribution is 0.601. The maximum absolute atomic E-state index is 6.08. The molecule has 7 nitrogen and oxygen atoms in total. The van der Waals surface area contributed by atoms with Crippen LogP contribution < -0.4 is 0 Å². The molecule has 0 aliphatic carbocycles. The van der Waals surface area contributed by atoms with Gasteiger partial charge in [-0.25, -0.2) is 19.9 Å². The number of fused-ring (bicyclic) bond motifs is 2. The van der Waals surface area contributed by atoms with Crippen LogP contribution in [0.1, 0.15) is 17.0 Å². The molecule has 0 fully saturated rings. The second-order valence-corrected chi connectivity index (χ2v) is 11.4. The SMILES string of the molecule is C=N/C(=C\c1oc2ccccc2c1C)c1cnc2cc(-c3cccc(-c4nc(-c5ccccc5)nc(-c5ccccc5)n4)c3)ccc2n1. The highest BCUT2D eigenvalue weighted by molar-refractivity contribution is 5.90. The number of hydrogen-bond donors (Lipinski definition) is 0. The van der Waals surface area contributed by atoms with Crippen molar-refractivity contribution in [2.24, 2.45) is 4.99 Å². The largest absolute Gasteiger partial charge is 0.456 e. The number of aryl methyl sites for hydroxylation is 1. The van der Waals surface area contributed by atoms with Gasteiger partial charge in [0.15, 0.2) is 17.5 Å². The van der Waals surface area contributed by atoms with E-state index in [-0.39, 0.29) is 0 Å². The molecule has 8 rings (SSSR count). The maximum Gasteiger partial charge on any atom is 0.164 e. The van der Waals surface area contributed by atoms with Gasteiger partial charge in [-0.3, -0.25) is 9.98 Å². The predicted molar refractivity (Wildman–Crippen MR) is 193 cm³/mol. The van der Waals surface area contributed by atoms with Crippen LogP contribution >= 0.6 is 0 Å². The van der Waals surface area contributed by atoms with Crippen LogP contribution in [-0.2, 0) is 0 Å². The Hall–Kier alpha value is -6.60. The third-order valence-corrected chi connectivity index (χ3v) is 8.28. The zero-order valence-corrected chi connectivity index (χ0v) is 26.1. The van der Waals surface area contributed by atoms with Crippen molar-refractivity contribution in [2.45, 2.75) is 6.92 Å². The Kier molecular flexibility index (Phi) is 7.39. The van der Waals surface area contributed by atoms with Crippen molar-refractivity contribution in [3.8, 4) is 45.3 Å². The zero-order chi connectivity index (χ0) is 32.5. The molecule has 3 heterocycles. The second kappa shape index (κ2) is 12.3. The molecule has 0 aliphatic heterocycles. The third kappa shape index (κ3) is 5.54. The van der Waals surface area contributed by atoms with Crippen LogP contribution in [0.3, 0.4) is 0 Å². The quantitative estimate of drug-likeness (QED) is 0.165. The summed E-state index contributed by atoms with van der Waals surface area (Å²) in [5.74, 6) is 2.57. The maximum atomic E-state index is 6.08. The van der Waals surface area contributed by atoms with Crippen molar-refractivity contribution in [1.82, 2.24) is 24.9 Å². The normalized spacial score (nSPS) is 11.6. The van der Waals surface area contributed by atoms with Crippen molar-refractivity contribution in [3.05, 3.63) is 151 Å². The molecule has 0 N–H and O–H groups in total. The fourth-order valence-electron chi connectivity index (χ4n) is 5.74. The highest BCUT2D eigenvalue weighted by Crippen LogP contribution is 2.31. The minimum Gasteiger partial charge on any atom is -0.456 e. The first kappa shape index (κ1) is 28.8. The second-order valence-electron chi connectivity index (χ2n) is 11.4. The van der Waals surface area contributed by atoms with Crippen molar-refractivity contribution in [2.75, 3.05) is 0 Å². The van der Waals surface area contributed by atoms with Gasteiger partial charge in [-0.15, -0.1) is 0 Å². The van der Waals surface area contributed by atoms with E-state index in [0.29, 0.717) is 28.9 Å². The summed E-state index contributed by atoms with van der Waals surface area (Å²) in [6.07, 6.45) is 3.59. The number of nitrogens with zero attached hydrogens (tertiary/aromatic N) is 6. The average molecular weight is 621 g/mol. The van der Waals surface area contributed by atoms with E-state index in [0.717, 1.165) is 61.1 Å². The molecule has 228 valence electrons. The smallest absolute Gasteiger partial charge is 0.164 e. The van der Waals surface area contributed by atoms with E-state index < -0.39 is 0 Å². The fourth-order valence-corrected chi connectivity index (χ4v) is 5.74. The molecule has 0 bridgehead atoms. The summed E-state index contributed by atoms with van der Waals surface area (Å²) in [5.41, 5.74) is 9.35. The van der Waals surface area contributed by atoms with Gasteiger partial charge in [0, 0.05) is 33.7 Å². The minimum atomic E-state index is 0.588. The molecule has 5 aromatic carbocycles. The van der Waals surface area contributed by atoms with Gasteiger partial charge in [0.2, 0.25) is 0 Å². The van der Waals surface area contributed by atoms with Gasteiger partial charge in [-0.1, -0.05) is 103 Å². The summed E-state index contributed by atoms with van der Waals surface area (Å²) in [6, 6.07) is 42.2. The lowest BCUT2D eigenvalue weighted by Crippen LogP contribution is -2.00. The summed E-state index contributed by atoms with van der Waals surface area (Å²) < 4.78 is 6.08. The summed E-state index contributed by atoms with van der Waals surface area (Å²) >= 11 is 0. The van der Waals surface area contributed by atoms with Crippen LogP contribution in [-0.4, -0.2) is 31.6 Å². The Morgan fingerprint density at radius 1 is 0.604 bits per heavy atom. The van der Waals surface area contributed by atoms with Crippen molar-refractivity contribution in [1.29, 1.82) is 0 Å². The highest BCUT2D eigenvalue weighted by Gasteiger charge is 2.14. The standard InChI is InChI=1S/C41H28N6O/c1-26-32-18-9-10-19-37(32)48-38(26)24-34(42-2)36-25-43-35-23-30(20-21-33(35)44-36)29-16-11-17-31(22-29)41-46-39(27-12-5-3-6-13-27)45-40(47-41)28-14-7-4-8-15-28/h3-25H,2H2,1H3/b34-24-. The lowest BCUT2D eigenvalue weighted by atomic mass is 10.0. The summed E-state index contributed by atoms with van der Waals surface area (Å²) in [4.78, 5) is 28.5. The lowest BCUT2D eigenvalue weighted by Gasteiger charge is -2.10. The molecule has 0 aliphatic rings. The van der Waals surface area contributed by atoms with Crippen LogP contribution in [0.25, 0.3) is 79.1 Å².